The number of carbonyl (C=O) groups is 2. The molecule has 146 valence electrons. The number of amides is 2. The van der Waals surface area contributed by atoms with Gasteiger partial charge in [0.1, 0.15) is 10.8 Å². The lowest BCUT2D eigenvalue weighted by Gasteiger charge is -2.18. The van der Waals surface area contributed by atoms with Crippen LogP contribution in [0.3, 0.4) is 0 Å². The summed E-state index contributed by atoms with van der Waals surface area (Å²) in [5.74, 6) is 0.652. The first-order valence-corrected chi connectivity index (χ1v) is 9.82. The molecule has 0 fully saturated rings. The second-order valence-corrected chi connectivity index (χ2v) is 7.25. The number of hydrogen-bond acceptors (Lipinski definition) is 6. The van der Waals surface area contributed by atoms with Crippen LogP contribution in [0.4, 0.5) is 5.13 Å². The normalized spacial score (nSPS) is 11.9. The molecular formula is C19H26N4O3S. The van der Waals surface area contributed by atoms with E-state index in [1.165, 1.54) is 18.3 Å². The van der Waals surface area contributed by atoms with Gasteiger partial charge in [0.05, 0.1) is 19.6 Å². The number of rotatable bonds is 9. The summed E-state index contributed by atoms with van der Waals surface area (Å²) >= 11 is 1.40. The van der Waals surface area contributed by atoms with Crippen molar-refractivity contribution in [2.75, 3.05) is 12.4 Å². The van der Waals surface area contributed by atoms with E-state index in [2.05, 4.69) is 34.7 Å². The predicted molar refractivity (Wildman–Crippen MR) is 106 cm³/mol. The van der Waals surface area contributed by atoms with Gasteiger partial charge in [0.2, 0.25) is 16.9 Å². The molecule has 2 N–H and O–H groups in total. The van der Waals surface area contributed by atoms with Gasteiger partial charge in [0, 0.05) is 12.8 Å². The Hall–Kier alpha value is -2.48. The van der Waals surface area contributed by atoms with Crippen molar-refractivity contribution >= 4 is 28.3 Å². The molecule has 2 aromatic rings. The fourth-order valence-electron chi connectivity index (χ4n) is 2.78. The molecule has 1 atom stereocenters. The third kappa shape index (κ3) is 6.02. The third-order valence-electron chi connectivity index (χ3n) is 4.31. The maximum atomic E-state index is 12.5. The van der Waals surface area contributed by atoms with Crippen molar-refractivity contribution in [1.29, 1.82) is 0 Å². The summed E-state index contributed by atoms with van der Waals surface area (Å²) in [4.78, 5) is 24.0. The highest BCUT2D eigenvalue weighted by atomic mass is 32.1. The Morgan fingerprint density at radius 2 is 1.81 bits per heavy atom. The Bertz CT molecular complexity index is 757. The molecule has 0 aliphatic carbocycles. The number of methoxy groups -OCH3 is 1. The van der Waals surface area contributed by atoms with Crippen LogP contribution in [-0.2, 0) is 9.59 Å². The minimum atomic E-state index is -0.431. The minimum absolute atomic E-state index is 0.103. The van der Waals surface area contributed by atoms with Crippen molar-refractivity contribution in [3.8, 4) is 5.75 Å². The van der Waals surface area contributed by atoms with Crippen LogP contribution in [0.5, 0.6) is 5.75 Å². The molecule has 0 saturated heterocycles. The zero-order chi connectivity index (χ0) is 19.8. The number of benzene rings is 1. The number of ether oxygens (including phenoxy) is 1. The summed E-state index contributed by atoms with van der Waals surface area (Å²) in [5, 5.41) is 15.3. The Kier molecular flexibility index (Phi) is 7.72. The number of aromatic nitrogens is 2. The molecule has 0 spiro atoms. The predicted octanol–water partition coefficient (Wildman–Crippen LogP) is 3.66. The highest BCUT2D eigenvalue weighted by Crippen LogP contribution is 2.28. The van der Waals surface area contributed by atoms with E-state index in [9.17, 15) is 9.59 Å². The van der Waals surface area contributed by atoms with E-state index in [1.54, 1.807) is 19.2 Å². The molecular weight excluding hydrogens is 364 g/mol. The molecule has 1 heterocycles. The van der Waals surface area contributed by atoms with Gasteiger partial charge in [-0.3, -0.25) is 9.59 Å². The van der Waals surface area contributed by atoms with Crippen molar-refractivity contribution < 1.29 is 14.3 Å². The van der Waals surface area contributed by atoms with E-state index in [-0.39, 0.29) is 18.2 Å². The molecule has 0 saturated carbocycles. The van der Waals surface area contributed by atoms with Gasteiger partial charge in [-0.1, -0.05) is 37.3 Å². The molecule has 0 radical (unpaired) electrons. The maximum absolute atomic E-state index is 12.5. The summed E-state index contributed by atoms with van der Waals surface area (Å²) in [6, 6.07) is 6.84. The molecule has 2 rings (SSSR count). The van der Waals surface area contributed by atoms with E-state index >= 15 is 0 Å². The minimum Gasteiger partial charge on any atom is -0.497 e. The van der Waals surface area contributed by atoms with Gasteiger partial charge in [-0.05, 0) is 30.5 Å². The van der Waals surface area contributed by atoms with Crippen LogP contribution >= 0.6 is 11.3 Å². The SMILES string of the molecule is CCC(CC)c1nnc(NC(=O)C[C@@H](NC(C)=O)c2ccc(OC)cc2)s1. The zero-order valence-electron chi connectivity index (χ0n) is 16.1. The summed E-state index contributed by atoms with van der Waals surface area (Å²) < 4.78 is 5.15. The fourth-order valence-corrected chi connectivity index (χ4v) is 3.80. The van der Waals surface area contributed by atoms with Gasteiger partial charge in [-0.2, -0.15) is 0 Å². The lowest BCUT2D eigenvalue weighted by Crippen LogP contribution is -2.29. The summed E-state index contributed by atoms with van der Waals surface area (Å²) in [6.07, 6.45) is 2.08. The topological polar surface area (TPSA) is 93.2 Å². The number of anilines is 1. The first-order chi connectivity index (χ1) is 13.0. The average molecular weight is 391 g/mol. The van der Waals surface area contributed by atoms with Crippen LogP contribution in [0.25, 0.3) is 0 Å². The van der Waals surface area contributed by atoms with Crippen molar-refractivity contribution in [2.45, 2.75) is 52.0 Å². The largest absolute Gasteiger partial charge is 0.497 e. The molecule has 0 unspecified atom stereocenters. The zero-order valence-corrected chi connectivity index (χ0v) is 16.9. The summed E-state index contributed by atoms with van der Waals surface area (Å²) in [5.41, 5.74) is 0.830. The van der Waals surface area contributed by atoms with Crippen LogP contribution < -0.4 is 15.4 Å². The Labute approximate surface area is 163 Å². The molecule has 0 aliphatic rings. The van der Waals surface area contributed by atoms with E-state index < -0.39 is 6.04 Å². The standard InChI is InChI=1S/C19H26N4O3S/c1-5-13(6-2)18-22-23-19(27-18)21-17(25)11-16(20-12(3)24)14-7-9-15(26-4)10-8-14/h7-10,13,16H,5-6,11H2,1-4H3,(H,20,24)(H,21,23,25)/t16-/m1/s1. The number of carbonyl (C=O) groups excluding carboxylic acids is 2. The Morgan fingerprint density at radius 1 is 1.15 bits per heavy atom. The van der Waals surface area contributed by atoms with Crippen molar-refractivity contribution in [2.24, 2.45) is 0 Å². The van der Waals surface area contributed by atoms with E-state index in [4.69, 9.17) is 4.74 Å². The fraction of sp³-hybridized carbons (Fsp3) is 0.474. The molecule has 1 aromatic carbocycles. The second kappa shape index (κ2) is 10.0. The van der Waals surface area contributed by atoms with E-state index in [0.29, 0.717) is 16.8 Å². The Morgan fingerprint density at radius 3 is 2.37 bits per heavy atom. The number of hydrogen-bond donors (Lipinski definition) is 2. The summed E-state index contributed by atoms with van der Waals surface area (Å²) in [6.45, 7) is 5.66. The monoisotopic (exact) mass is 390 g/mol. The van der Waals surface area contributed by atoms with Crippen LogP contribution in [0.2, 0.25) is 0 Å². The van der Waals surface area contributed by atoms with Gasteiger partial charge >= 0.3 is 0 Å². The van der Waals surface area contributed by atoms with E-state index in [0.717, 1.165) is 23.4 Å². The van der Waals surface area contributed by atoms with Crippen LogP contribution in [0.15, 0.2) is 24.3 Å². The van der Waals surface area contributed by atoms with Crippen LogP contribution in [0.1, 0.15) is 62.6 Å². The quantitative estimate of drug-likeness (QED) is 0.682. The van der Waals surface area contributed by atoms with Crippen LogP contribution in [-0.4, -0.2) is 29.1 Å². The number of nitrogens with zero attached hydrogens (tertiary/aromatic N) is 2. The molecule has 0 bridgehead atoms. The third-order valence-corrected chi connectivity index (χ3v) is 5.31. The summed E-state index contributed by atoms with van der Waals surface area (Å²) in [7, 11) is 1.59. The van der Waals surface area contributed by atoms with Gasteiger partial charge in [-0.25, -0.2) is 0 Å². The first-order valence-electron chi connectivity index (χ1n) is 9.01. The van der Waals surface area contributed by atoms with E-state index in [1.807, 2.05) is 12.1 Å². The van der Waals surface area contributed by atoms with Crippen LogP contribution in [0, 0.1) is 0 Å². The maximum Gasteiger partial charge on any atom is 0.228 e. The molecule has 7 nitrogen and oxygen atoms in total. The van der Waals surface area contributed by atoms with Crippen molar-refractivity contribution in [3.05, 3.63) is 34.8 Å². The van der Waals surface area contributed by atoms with Gasteiger partial charge < -0.3 is 15.4 Å². The van der Waals surface area contributed by atoms with Gasteiger partial charge in [0.25, 0.3) is 0 Å². The molecule has 8 heteroatoms. The van der Waals surface area contributed by atoms with Gasteiger partial charge in [-0.15, -0.1) is 10.2 Å². The highest BCUT2D eigenvalue weighted by Gasteiger charge is 2.19. The average Bonchev–Trinajstić information content (AvgIpc) is 3.10. The van der Waals surface area contributed by atoms with Crippen molar-refractivity contribution in [3.63, 3.8) is 0 Å². The van der Waals surface area contributed by atoms with Crippen molar-refractivity contribution in [1.82, 2.24) is 15.5 Å². The molecule has 27 heavy (non-hydrogen) atoms. The van der Waals surface area contributed by atoms with Gasteiger partial charge in [0.15, 0.2) is 0 Å². The number of nitrogens with one attached hydrogen (secondary N) is 2. The first kappa shape index (κ1) is 20.8. The molecule has 1 aromatic heterocycles. The lowest BCUT2D eigenvalue weighted by molar-refractivity contribution is -0.120. The highest BCUT2D eigenvalue weighted by molar-refractivity contribution is 7.15. The smallest absolute Gasteiger partial charge is 0.228 e. The second-order valence-electron chi connectivity index (χ2n) is 6.24. The molecule has 2 amide bonds. The Balaban J connectivity index is 2.05. The lowest BCUT2D eigenvalue weighted by atomic mass is 10.0. The molecule has 0 aliphatic heterocycles.